The van der Waals surface area contributed by atoms with Crippen molar-refractivity contribution in [3.05, 3.63) is 66.3 Å². The number of imidazole rings is 1. The van der Waals surface area contributed by atoms with Crippen molar-refractivity contribution < 1.29 is 9.47 Å². The number of likely N-dealkylation sites (tertiary alicyclic amines) is 1. The lowest BCUT2D eigenvalue weighted by atomic mass is 9.99. The zero-order valence-electron chi connectivity index (χ0n) is 20.4. The highest BCUT2D eigenvalue weighted by Crippen LogP contribution is 2.32. The van der Waals surface area contributed by atoms with E-state index < -0.39 is 0 Å². The molecule has 1 atom stereocenters. The molecule has 0 saturated carbocycles. The maximum atomic E-state index is 9.23. The number of allylic oxidation sites excluding steroid dienone is 2. The van der Waals surface area contributed by atoms with E-state index in [1.165, 1.54) is 6.42 Å². The Hall–Kier alpha value is -3.96. The average molecular weight is 471 g/mol. The molecule has 2 aromatic heterocycles. The van der Waals surface area contributed by atoms with Crippen LogP contribution in [0.3, 0.4) is 0 Å². The van der Waals surface area contributed by atoms with Crippen LogP contribution in [0.25, 0.3) is 22.5 Å². The van der Waals surface area contributed by atoms with Crippen LogP contribution in [0.4, 0.5) is 0 Å². The van der Waals surface area contributed by atoms with Gasteiger partial charge in [-0.05, 0) is 57.1 Å². The van der Waals surface area contributed by atoms with Crippen LogP contribution in [-0.4, -0.2) is 59.3 Å². The standard InChI is InChI=1S/C27H30N6O2/c1-5-23(34-4)30-16-19(2)24-25(22-10-8-20(15-28)9-11-22)31-27(33-14-12-29-26(24)33)35-18-21-7-6-13-32(3)17-21/h5,8-12,14,16,21H,2,6-7,13,17-18H2,1,3-4H3/b23-5+,30-16-/t21-/m1/s1. The Bertz CT molecular complexity index is 1300. The number of hydrogen-bond donors (Lipinski definition) is 0. The van der Waals surface area contributed by atoms with Crippen molar-refractivity contribution in [2.45, 2.75) is 19.8 Å². The van der Waals surface area contributed by atoms with Crippen molar-refractivity contribution in [1.29, 1.82) is 5.26 Å². The second-order valence-electron chi connectivity index (χ2n) is 8.62. The second-order valence-corrected chi connectivity index (χ2v) is 8.62. The smallest absolute Gasteiger partial charge is 0.302 e. The Morgan fingerprint density at radius 2 is 2.14 bits per heavy atom. The summed E-state index contributed by atoms with van der Waals surface area (Å²) in [7, 11) is 3.72. The molecule has 0 N–H and O–H groups in total. The van der Waals surface area contributed by atoms with Gasteiger partial charge in [0.05, 0.1) is 36.6 Å². The van der Waals surface area contributed by atoms with Crippen molar-refractivity contribution in [2.75, 3.05) is 33.9 Å². The molecule has 3 aromatic rings. The largest absolute Gasteiger partial charge is 0.481 e. The van der Waals surface area contributed by atoms with Crippen molar-refractivity contribution in [2.24, 2.45) is 10.9 Å². The van der Waals surface area contributed by atoms with Gasteiger partial charge < -0.3 is 14.4 Å². The van der Waals surface area contributed by atoms with Crippen molar-refractivity contribution in [1.82, 2.24) is 19.3 Å². The minimum absolute atomic E-state index is 0.447. The fourth-order valence-electron chi connectivity index (χ4n) is 4.32. The van der Waals surface area contributed by atoms with Gasteiger partial charge in [0.2, 0.25) is 5.88 Å². The first-order chi connectivity index (χ1) is 17.0. The van der Waals surface area contributed by atoms with Gasteiger partial charge in [-0.3, -0.25) is 4.40 Å². The maximum Gasteiger partial charge on any atom is 0.302 e. The topological polar surface area (TPSA) is 88.0 Å². The third-order valence-electron chi connectivity index (χ3n) is 6.10. The molecule has 0 radical (unpaired) electrons. The fourth-order valence-corrected chi connectivity index (χ4v) is 4.32. The zero-order chi connectivity index (χ0) is 24.8. The number of piperidine rings is 1. The van der Waals surface area contributed by atoms with Crippen LogP contribution in [-0.2, 0) is 4.74 Å². The second kappa shape index (κ2) is 11.0. The van der Waals surface area contributed by atoms with Gasteiger partial charge in [0.1, 0.15) is 0 Å². The normalized spacial score (nSPS) is 17.0. The first kappa shape index (κ1) is 24.2. The minimum atomic E-state index is 0.447. The van der Waals surface area contributed by atoms with Crippen LogP contribution < -0.4 is 4.74 Å². The molecule has 1 aromatic carbocycles. The predicted octanol–water partition coefficient (Wildman–Crippen LogP) is 4.58. The number of aromatic nitrogens is 3. The van der Waals surface area contributed by atoms with Crippen LogP contribution in [0.5, 0.6) is 6.01 Å². The highest BCUT2D eigenvalue weighted by molar-refractivity contribution is 6.13. The molecule has 0 amide bonds. The fraction of sp³-hybridized carbons (Fsp3) is 0.333. The van der Waals surface area contributed by atoms with Crippen LogP contribution in [0.1, 0.15) is 30.9 Å². The molecule has 0 bridgehead atoms. The summed E-state index contributed by atoms with van der Waals surface area (Å²) in [6.45, 7) is 8.81. The lowest BCUT2D eigenvalue weighted by molar-refractivity contribution is 0.143. The molecular formula is C27H30N6O2. The molecule has 4 rings (SSSR count). The summed E-state index contributed by atoms with van der Waals surface area (Å²) in [5, 5.41) is 9.23. The van der Waals surface area contributed by atoms with E-state index in [9.17, 15) is 5.26 Å². The lowest BCUT2D eigenvalue weighted by Gasteiger charge is -2.29. The van der Waals surface area contributed by atoms with E-state index in [4.69, 9.17) is 14.5 Å². The van der Waals surface area contributed by atoms with Gasteiger partial charge in [0.15, 0.2) is 5.65 Å². The van der Waals surface area contributed by atoms with E-state index in [1.807, 2.05) is 29.7 Å². The molecule has 8 nitrogen and oxygen atoms in total. The van der Waals surface area contributed by atoms with E-state index >= 15 is 0 Å². The number of fused-ring (bicyclic) bond motifs is 1. The minimum Gasteiger partial charge on any atom is -0.481 e. The molecule has 8 heteroatoms. The quantitative estimate of drug-likeness (QED) is 0.354. The molecule has 0 spiro atoms. The summed E-state index contributed by atoms with van der Waals surface area (Å²) < 4.78 is 13.4. The third kappa shape index (κ3) is 5.42. The highest BCUT2D eigenvalue weighted by Gasteiger charge is 2.22. The number of benzene rings is 1. The number of nitriles is 1. The molecule has 0 unspecified atom stereocenters. The maximum absolute atomic E-state index is 9.23. The molecule has 3 heterocycles. The zero-order valence-corrected chi connectivity index (χ0v) is 20.4. The number of aliphatic imine (C=N–C) groups is 1. The van der Waals surface area contributed by atoms with Gasteiger partial charge >= 0.3 is 6.01 Å². The molecular weight excluding hydrogens is 440 g/mol. The van der Waals surface area contributed by atoms with Gasteiger partial charge in [-0.15, -0.1) is 0 Å². The number of ether oxygens (including phenoxy) is 2. The van der Waals surface area contributed by atoms with Gasteiger partial charge in [-0.25, -0.2) is 9.98 Å². The van der Waals surface area contributed by atoms with Gasteiger partial charge in [0, 0.05) is 36.6 Å². The average Bonchev–Trinajstić information content (AvgIpc) is 3.37. The predicted molar refractivity (Wildman–Crippen MR) is 137 cm³/mol. The highest BCUT2D eigenvalue weighted by atomic mass is 16.5. The summed E-state index contributed by atoms with van der Waals surface area (Å²) >= 11 is 0. The van der Waals surface area contributed by atoms with Crippen molar-refractivity contribution in [3.63, 3.8) is 0 Å². The molecule has 180 valence electrons. The van der Waals surface area contributed by atoms with Crippen LogP contribution in [0, 0.1) is 17.2 Å². The van der Waals surface area contributed by atoms with Crippen LogP contribution in [0.15, 0.2) is 60.2 Å². The van der Waals surface area contributed by atoms with Crippen molar-refractivity contribution in [3.8, 4) is 23.3 Å². The Morgan fingerprint density at radius 3 is 2.83 bits per heavy atom. The van der Waals surface area contributed by atoms with E-state index in [2.05, 4.69) is 34.6 Å². The number of nitrogens with zero attached hydrogens (tertiary/aromatic N) is 6. The van der Waals surface area contributed by atoms with E-state index in [-0.39, 0.29) is 0 Å². The Kier molecular flexibility index (Phi) is 7.58. The molecule has 1 fully saturated rings. The first-order valence-electron chi connectivity index (χ1n) is 11.7. The summed E-state index contributed by atoms with van der Waals surface area (Å²) in [5.74, 6) is 0.929. The number of methoxy groups -OCH3 is 1. The molecule has 35 heavy (non-hydrogen) atoms. The van der Waals surface area contributed by atoms with Crippen LogP contribution in [0.2, 0.25) is 0 Å². The SMILES string of the molecule is C=C(/C=N\C(=C/C)OC)c1c(-c2ccc(C#N)cc2)nc(OC[C@@H]2CCCN(C)C2)n2ccnc12. The summed E-state index contributed by atoms with van der Waals surface area (Å²) in [6, 6.07) is 9.93. The Balaban J connectivity index is 1.78. The van der Waals surface area contributed by atoms with Gasteiger partial charge in [-0.1, -0.05) is 18.7 Å². The lowest BCUT2D eigenvalue weighted by Crippen LogP contribution is -2.35. The van der Waals surface area contributed by atoms with E-state index in [0.717, 1.165) is 30.6 Å². The third-order valence-corrected chi connectivity index (χ3v) is 6.10. The van der Waals surface area contributed by atoms with E-state index in [0.29, 0.717) is 46.9 Å². The summed E-state index contributed by atoms with van der Waals surface area (Å²) in [4.78, 5) is 16.3. The van der Waals surface area contributed by atoms with Crippen molar-refractivity contribution >= 4 is 17.4 Å². The monoisotopic (exact) mass is 470 g/mol. The number of rotatable bonds is 8. The summed E-state index contributed by atoms with van der Waals surface area (Å²) in [5.41, 5.74) is 4.11. The molecule has 1 saturated heterocycles. The Labute approximate surface area is 205 Å². The number of hydrogen-bond acceptors (Lipinski definition) is 7. The molecule has 0 aliphatic carbocycles. The molecule has 1 aliphatic heterocycles. The first-order valence-corrected chi connectivity index (χ1v) is 11.7. The Morgan fingerprint density at radius 1 is 1.34 bits per heavy atom. The summed E-state index contributed by atoms with van der Waals surface area (Å²) in [6.07, 6.45) is 9.29. The van der Waals surface area contributed by atoms with Gasteiger partial charge in [0.25, 0.3) is 0 Å². The van der Waals surface area contributed by atoms with E-state index in [1.54, 1.807) is 37.7 Å². The van der Waals surface area contributed by atoms with Gasteiger partial charge in [-0.2, -0.15) is 10.2 Å². The van der Waals surface area contributed by atoms with Crippen LogP contribution >= 0.6 is 0 Å². The molecule has 1 aliphatic rings.